The van der Waals surface area contributed by atoms with Crippen LogP contribution in [0.2, 0.25) is 5.02 Å². The molecule has 7 heteroatoms. The summed E-state index contributed by atoms with van der Waals surface area (Å²) in [5, 5.41) is 4.50. The van der Waals surface area contributed by atoms with Crippen LogP contribution in [0.1, 0.15) is 11.5 Å². The fourth-order valence-electron chi connectivity index (χ4n) is 2.16. The second-order valence-electron chi connectivity index (χ2n) is 5.21. The van der Waals surface area contributed by atoms with Gasteiger partial charge in [-0.3, -0.25) is 4.79 Å². The van der Waals surface area contributed by atoms with Crippen LogP contribution >= 0.6 is 11.6 Å². The molecule has 1 heterocycles. The zero-order chi connectivity index (χ0) is 17.6. The lowest BCUT2D eigenvalue weighted by Gasteiger charge is -2.02. The second kappa shape index (κ2) is 7.81. The summed E-state index contributed by atoms with van der Waals surface area (Å²) in [5.74, 6) is 0.937. The molecule has 0 unspecified atom stereocenters. The minimum Gasteiger partial charge on any atom is -0.497 e. The Morgan fingerprint density at radius 2 is 2.00 bits per heavy atom. The maximum Gasteiger partial charge on any atom is 0.310 e. The number of ether oxygens (including phenoxy) is 2. The Labute approximate surface area is 149 Å². The van der Waals surface area contributed by atoms with Gasteiger partial charge in [-0.25, -0.2) is 0 Å². The van der Waals surface area contributed by atoms with Gasteiger partial charge in [-0.2, -0.15) is 4.98 Å². The van der Waals surface area contributed by atoms with Gasteiger partial charge in [0.15, 0.2) is 6.61 Å². The van der Waals surface area contributed by atoms with E-state index in [-0.39, 0.29) is 24.9 Å². The number of esters is 1. The first kappa shape index (κ1) is 17.0. The topological polar surface area (TPSA) is 74.5 Å². The van der Waals surface area contributed by atoms with Gasteiger partial charge < -0.3 is 14.0 Å². The number of nitrogens with zero attached hydrogens (tertiary/aromatic N) is 2. The first-order valence-corrected chi connectivity index (χ1v) is 7.89. The molecule has 0 atom stereocenters. The van der Waals surface area contributed by atoms with Gasteiger partial charge in [0, 0.05) is 10.6 Å². The third kappa shape index (κ3) is 4.58. The second-order valence-corrected chi connectivity index (χ2v) is 5.64. The Hall–Kier alpha value is -2.86. The minimum absolute atomic E-state index is 0.0800. The summed E-state index contributed by atoms with van der Waals surface area (Å²) in [6, 6.07) is 14.3. The largest absolute Gasteiger partial charge is 0.497 e. The molecule has 0 bridgehead atoms. The molecule has 0 aliphatic carbocycles. The predicted molar refractivity (Wildman–Crippen MR) is 91.2 cm³/mol. The number of benzene rings is 2. The lowest BCUT2D eigenvalue weighted by Crippen LogP contribution is -2.08. The van der Waals surface area contributed by atoms with Crippen molar-refractivity contribution in [2.75, 3.05) is 7.11 Å². The van der Waals surface area contributed by atoms with Crippen LogP contribution in [0.5, 0.6) is 5.75 Å². The maximum absolute atomic E-state index is 11.9. The van der Waals surface area contributed by atoms with E-state index in [0.717, 1.165) is 11.1 Å². The van der Waals surface area contributed by atoms with Crippen molar-refractivity contribution in [1.29, 1.82) is 0 Å². The molecular formula is C18H15ClN2O4. The molecule has 6 nitrogen and oxygen atoms in total. The normalized spacial score (nSPS) is 10.5. The van der Waals surface area contributed by atoms with Crippen molar-refractivity contribution in [2.45, 2.75) is 13.0 Å². The summed E-state index contributed by atoms with van der Waals surface area (Å²) >= 11 is 5.81. The molecule has 128 valence electrons. The zero-order valence-electron chi connectivity index (χ0n) is 13.4. The average molecular weight is 359 g/mol. The third-order valence-corrected chi connectivity index (χ3v) is 3.67. The summed E-state index contributed by atoms with van der Waals surface area (Å²) < 4.78 is 15.4. The van der Waals surface area contributed by atoms with Gasteiger partial charge in [-0.1, -0.05) is 41.0 Å². The van der Waals surface area contributed by atoms with E-state index in [9.17, 15) is 4.79 Å². The summed E-state index contributed by atoms with van der Waals surface area (Å²) in [6.45, 7) is -0.0800. The summed E-state index contributed by atoms with van der Waals surface area (Å²) in [7, 11) is 1.58. The van der Waals surface area contributed by atoms with Crippen molar-refractivity contribution in [3.05, 3.63) is 65.0 Å². The lowest BCUT2D eigenvalue weighted by atomic mass is 10.1. The molecule has 2 aromatic carbocycles. The van der Waals surface area contributed by atoms with Crippen LogP contribution < -0.4 is 4.74 Å². The summed E-state index contributed by atoms with van der Waals surface area (Å²) in [4.78, 5) is 16.1. The van der Waals surface area contributed by atoms with Gasteiger partial charge in [0.05, 0.1) is 13.5 Å². The van der Waals surface area contributed by atoms with E-state index in [4.69, 9.17) is 25.6 Å². The first-order chi connectivity index (χ1) is 12.1. The molecular weight excluding hydrogens is 344 g/mol. The highest BCUT2D eigenvalue weighted by Crippen LogP contribution is 2.21. The van der Waals surface area contributed by atoms with Crippen LogP contribution in [-0.4, -0.2) is 23.2 Å². The van der Waals surface area contributed by atoms with Gasteiger partial charge in [-0.15, -0.1) is 0 Å². The van der Waals surface area contributed by atoms with Crippen LogP contribution in [0.4, 0.5) is 0 Å². The summed E-state index contributed by atoms with van der Waals surface area (Å²) in [6.07, 6.45) is 0.147. The van der Waals surface area contributed by atoms with Crippen molar-refractivity contribution in [1.82, 2.24) is 10.1 Å². The van der Waals surface area contributed by atoms with Crippen molar-refractivity contribution < 1.29 is 18.8 Å². The van der Waals surface area contributed by atoms with Crippen molar-refractivity contribution >= 4 is 17.6 Å². The van der Waals surface area contributed by atoms with E-state index in [1.54, 1.807) is 37.4 Å². The highest BCUT2D eigenvalue weighted by molar-refractivity contribution is 6.30. The van der Waals surface area contributed by atoms with E-state index in [2.05, 4.69) is 10.1 Å². The maximum atomic E-state index is 11.9. The fourth-order valence-corrected chi connectivity index (χ4v) is 2.28. The number of rotatable bonds is 6. The monoisotopic (exact) mass is 358 g/mol. The quantitative estimate of drug-likeness (QED) is 0.626. The predicted octanol–water partition coefficient (Wildman–Crippen LogP) is 3.68. The SMILES string of the molecule is COc1cccc(-c2noc(COC(=O)Cc3ccc(Cl)cc3)n2)c1. The highest BCUT2D eigenvalue weighted by atomic mass is 35.5. The van der Waals surface area contributed by atoms with Crippen molar-refractivity contribution in [3.8, 4) is 17.1 Å². The van der Waals surface area contributed by atoms with Crippen LogP contribution in [-0.2, 0) is 22.6 Å². The van der Waals surface area contributed by atoms with Crippen LogP contribution in [0.15, 0.2) is 53.1 Å². The number of carbonyl (C=O) groups excluding carboxylic acids is 1. The zero-order valence-corrected chi connectivity index (χ0v) is 14.2. The molecule has 3 rings (SSSR count). The van der Waals surface area contributed by atoms with Gasteiger partial charge in [0.1, 0.15) is 5.75 Å². The number of carbonyl (C=O) groups is 1. The number of halogens is 1. The Morgan fingerprint density at radius 1 is 1.20 bits per heavy atom. The van der Waals surface area contributed by atoms with Crippen molar-refractivity contribution in [3.63, 3.8) is 0 Å². The average Bonchev–Trinajstić information content (AvgIpc) is 3.11. The van der Waals surface area contributed by atoms with E-state index in [1.165, 1.54) is 0 Å². The third-order valence-electron chi connectivity index (χ3n) is 3.41. The molecule has 0 radical (unpaired) electrons. The van der Waals surface area contributed by atoms with E-state index in [0.29, 0.717) is 16.6 Å². The lowest BCUT2D eigenvalue weighted by molar-refractivity contribution is -0.144. The molecule has 0 aliphatic rings. The van der Waals surface area contributed by atoms with Gasteiger partial charge >= 0.3 is 5.97 Å². The molecule has 0 fully saturated rings. The number of methoxy groups -OCH3 is 1. The minimum atomic E-state index is -0.386. The highest BCUT2D eigenvalue weighted by Gasteiger charge is 2.12. The van der Waals surface area contributed by atoms with Gasteiger partial charge in [-0.05, 0) is 29.8 Å². The van der Waals surface area contributed by atoms with E-state index >= 15 is 0 Å². The Kier molecular flexibility index (Phi) is 5.30. The number of hydrogen-bond donors (Lipinski definition) is 0. The first-order valence-electron chi connectivity index (χ1n) is 7.51. The molecule has 0 aliphatic heterocycles. The van der Waals surface area contributed by atoms with E-state index < -0.39 is 0 Å². The van der Waals surface area contributed by atoms with Gasteiger partial charge in [0.25, 0.3) is 5.89 Å². The smallest absolute Gasteiger partial charge is 0.310 e. The van der Waals surface area contributed by atoms with Crippen molar-refractivity contribution in [2.24, 2.45) is 0 Å². The van der Waals surface area contributed by atoms with Crippen LogP contribution in [0.3, 0.4) is 0 Å². The molecule has 3 aromatic rings. The molecule has 0 N–H and O–H groups in total. The van der Waals surface area contributed by atoms with E-state index in [1.807, 2.05) is 18.2 Å². The standard InChI is InChI=1S/C18H15ClN2O4/c1-23-15-4-2-3-13(10-15)18-20-16(25-21-18)11-24-17(22)9-12-5-7-14(19)8-6-12/h2-8,10H,9,11H2,1H3. The Morgan fingerprint density at radius 3 is 2.76 bits per heavy atom. The van der Waals surface area contributed by atoms with Crippen LogP contribution in [0, 0.1) is 0 Å². The van der Waals surface area contributed by atoms with Crippen LogP contribution in [0.25, 0.3) is 11.4 Å². The Bertz CT molecular complexity index is 862. The fraction of sp³-hybridized carbons (Fsp3) is 0.167. The molecule has 25 heavy (non-hydrogen) atoms. The molecule has 0 amide bonds. The molecule has 1 aromatic heterocycles. The molecule has 0 saturated carbocycles. The number of aromatic nitrogens is 2. The van der Waals surface area contributed by atoms with Gasteiger partial charge in [0.2, 0.25) is 5.82 Å². The summed E-state index contributed by atoms with van der Waals surface area (Å²) in [5.41, 5.74) is 1.57. The molecule has 0 saturated heterocycles. The molecule has 0 spiro atoms. The number of hydrogen-bond acceptors (Lipinski definition) is 6. The Balaban J connectivity index is 1.57.